The number of thiazole rings is 1. The number of hydrogen-bond donors (Lipinski definition) is 2. The van der Waals surface area contributed by atoms with Gasteiger partial charge in [0.15, 0.2) is 11.6 Å². The highest BCUT2D eigenvalue weighted by Gasteiger charge is 2.15. The first-order valence-corrected chi connectivity index (χ1v) is 7.29. The van der Waals surface area contributed by atoms with Gasteiger partial charge in [0, 0.05) is 5.38 Å². The molecule has 0 bridgehead atoms. The summed E-state index contributed by atoms with van der Waals surface area (Å²) in [6.45, 7) is 2.35. The zero-order chi connectivity index (χ0) is 14.5. The molecule has 2 rings (SSSR count). The third-order valence-corrected chi connectivity index (χ3v) is 3.51. The lowest BCUT2D eigenvalue weighted by atomic mass is 10.3. The van der Waals surface area contributed by atoms with Crippen molar-refractivity contribution >= 4 is 17.2 Å². The lowest BCUT2D eigenvalue weighted by molar-refractivity contribution is -0.117. The molecule has 2 aromatic rings. The van der Waals surface area contributed by atoms with Gasteiger partial charge in [-0.05, 0) is 12.8 Å². The normalized spacial score (nSPS) is 10.9. The summed E-state index contributed by atoms with van der Waals surface area (Å²) in [4.78, 5) is 19.7. The fraction of sp³-hybridized carbons (Fsp3) is 0.500. The smallest absolute Gasteiger partial charge is 0.225 e. The second-order valence-corrected chi connectivity index (χ2v) is 5.26. The Bertz CT molecular complexity index is 592. The number of aliphatic hydroxyl groups is 1. The molecule has 0 aliphatic carbocycles. The van der Waals surface area contributed by atoms with Crippen molar-refractivity contribution in [3.63, 3.8) is 0 Å². The lowest BCUT2D eigenvalue weighted by Crippen LogP contribution is -2.15. The molecule has 0 saturated heterocycles. The Kier molecular flexibility index (Phi) is 4.80. The minimum absolute atomic E-state index is 0.0165. The monoisotopic (exact) mass is 295 g/mol. The van der Waals surface area contributed by atoms with Crippen LogP contribution < -0.4 is 5.73 Å². The van der Waals surface area contributed by atoms with Crippen LogP contribution in [-0.2, 0) is 24.2 Å². The van der Waals surface area contributed by atoms with Gasteiger partial charge in [-0.3, -0.25) is 4.79 Å². The van der Waals surface area contributed by atoms with Gasteiger partial charge in [0.2, 0.25) is 5.91 Å². The number of rotatable bonds is 7. The molecule has 0 aliphatic rings. The molecule has 0 aliphatic heterocycles. The van der Waals surface area contributed by atoms with Crippen molar-refractivity contribution in [2.45, 2.75) is 32.7 Å². The van der Waals surface area contributed by atoms with Crippen molar-refractivity contribution in [1.82, 2.24) is 19.7 Å². The third-order valence-electron chi connectivity index (χ3n) is 2.60. The molecular formula is C12H17N5O2S. The molecule has 0 radical (unpaired) electrons. The molecule has 8 heteroatoms. The van der Waals surface area contributed by atoms with Gasteiger partial charge in [0.05, 0.1) is 24.6 Å². The minimum Gasteiger partial charge on any atom is -0.394 e. The van der Waals surface area contributed by atoms with Gasteiger partial charge in [-0.25, -0.2) is 14.6 Å². The van der Waals surface area contributed by atoms with E-state index in [9.17, 15) is 4.79 Å². The number of carbonyl (C=O) groups excluding carboxylic acids is 1. The van der Waals surface area contributed by atoms with Gasteiger partial charge in [-0.15, -0.1) is 11.3 Å². The van der Waals surface area contributed by atoms with Crippen LogP contribution in [0.4, 0.5) is 0 Å². The fourth-order valence-electron chi connectivity index (χ4n) is 1.80. The Balaban J connectivity index is 2.31. The summed E-state index contributed by atoms with van der Waals surface area (Å²) in [6.07, 6.45) is 1.94. The Morgan fingerprint density at radius 2 is 2.30 bits per heavy atom. The van der Waals surface area contributed by atoms with Crippen LogP contribution in [0.5, 0.6) is 0 Å². The maximum Gasteiger partial charge on any atom is 0.225 e. The van der Waals surface area contributed by atoms with Crippen molar-refractivity contribution in [3.05, 3.63) is 16.2 Å². The topological polar surface area (TPSA) is 107 Å². The van der Waals surface area contributed by atoms with Crippen LogP contribution >= 0.6 is 11.3 Å². The van der Waals surface area contributed by atoms with Gasteiger partial charge < -0.3 is 10.8 Å². The Hall–Kier alpha value is -1.80. The predicted molar refractivity (Wildman–Crippen MR) is 75.1 cm³/mol. The number of aryl methyl sites for hydroxylation is 1. The number of amides is 1. The summed E-state index contributed by atoms with van der Waals surface area (Å²) in [7, 11) is 0. The highest BCUT2D eigenvalue weighted by molar-refractivity contribution is 7.09. The third kappa shape index (κ3) is 3.40. The summed E-state index contributed by atoms with van der Waals surface area (Å²) in [5, 5.41) is 16.2. The molecule has 2 heterocycles. The number of primary amides is 1. The largest absolute Gasteiger partial charge is 0.394 e. The van der Waals surface area contributed by atoms with Crippen molar-refractivity contribution in [3.8, 4) is 11.5 Å². The van der Waals surface area contributed by atoms with Gasteiger partial charge in [-0.2, -0.15) is 5.10 Å². The number of nitrogens with two attached hydrogens (primary N) is 1. The highest BCUT2D eigenvalue weighted by Crippen LogP contribution is 2.21. The van der Waals surface area contributed by atoms with Gasteiger partial charge in [0.25, 0.3) is 0 Å². The van der Waals surface area contributed by atoms with E-state index in [1.54, 1.807) is 16.0 Å². The molecule has 0 fully saturated rings. The molecule has 0 unspecified atom stereocenters. The number of carbonyl (C=O) groups is 1. The quantitative estimate of drug-likeness (QED) is 0.767. The Morgan fingerprint density at radius 3 is 2.95 bits per heavy atom. The van der Waals surface area contributed by atoms with Crippen LogP contribution in [0, 0.1) is 0 Å². The van der Waals surface area contributed by atoms with Crippen molar-refractivity contribution in [2.24, 2.45) is 5.73 Å². The molecular weight excluding hydrogens is 278 g/mol. The van der Waals surface area contributed by atoms with Gasteiger partial charge in [0.1, 0.15) is 5.69 Å². The second-order valence-electron chi connectivity index (χ2n) is 4.32. The zero-order valence-electron chi connectivity index (χ0n) is 11.2. The average Bonchev–Trinajstić information content (AvgIpc) is 2.97. The first-order chi connectivity index (χ1) is 9.63. The Labute approximate surface area is 120 Å². The molecule has 3 N–H and O–H groups in total. The Morgan fingerprint density at radius 1 is 1.50 bits per heavy atom. The van der Waals surface area contributed by atoms with E-state index in [1.807, 2.05) is 5.38 Å². The summed E-state index contributed by atoms with van der Waals surface area (Å²) >= 11 is 1.57. The van der Waals surface area contributed by atoms with Crippen LogP contribution in [0.15, 0.2) is 5.38 Å². The number of nitrogens with zero attached hydrogens (tertiary/aromatic N) is 4. The van der Waals surface area contributed by atoms with Gasteiger partial charge >= 0.3 is 0 Å². The number of aromatic nitrogens is 4. The van der Waals surface area contributed by atoms with E-state index in [0.29, 0.717) is 18.2 Å². The first kappa shape index (κ1) is 14.6. The predicted octanol–water partition coefficient (Wildman–Crippen LogP) is 0.374. The molecule has 0 atom stereocenters. The molecule has 0 saturated carbocycles. The van der Waals surface area contributed by atoms with Crippen molar-refractivity contribution in [2.75, 3.05) is 6.61 Å². The summed E-state index contributed by atoms with van der Waals surface area (Å²) < 4.78 is 1.56. The number of hydrogen-bond acceptors (Lipinski definition) is 6. The molecule has 2 aromatic heterocycles. The van der Waals surface area contributed by atoms with Crippen LogP contribution in [0.25, 0.3) is 11.5 Å². The van der Waals surface area contributed by atoms with Crippen LogP contribution in [0.2, 0.25) is 0 Å². The van der Waals surface area contributed by atoms with E-state index < -0.39 is 5.91 Å². The maximum atomic E-state index is 10.9. The average molecular weight is 295 g/mol. The van der Waals surface area contributed by atoms with Crippen molar-refractivity contribution in [1.29, 1.82) is 0 Å². The zero-order valence-corrected chi connectivity index (χ0v) is 12.1. The first-order valence-electron chi connectivity index (χ1n) is 6.41. The minimum atomic E-state index is -0.484. The van der Waals surface area contributed by atoms with Crippen LogP contribution in [0.3, 0.4) is 0 Å². The number of aliphatic hydroxyl groups excluding tert-OH is 1. The molecule has 0 spiro atoms. The van der Waals surface area contributed by atoms with E-state index in [4.69, 9.17) is 10.8 Å². The van der Waals surface area contributed by atoms with Crippen LogP contribution in [0.1, 0.15) is 24.2 Å². The van der Waals surface area contributed by atoms with Crippen LogP contribution in [-0.4, -0.2) is 37.4 Å². The van der Waals surface area contributed by atoms with E-state index in [-0.39, 0.29) is 13.0 Å². The molecule has 108 valence electrons. The molecule has 7 nitrogen and oxygen atoms in total. The summed E-state index contributed by atoms with van der Waals surface area (Å²) in [6, 6.07) is 0. The molecule has 20 heavy (non-hydrogen) atoms. The lowest BCUT2D eigenvalue weighted by Gasteiger charge is -2.00. The fourth-order valence-corrected chi connectivity index (χ4v) is 2.68. The maximum absolute atomic E-state index is 10.9. The van der Waals surface area contributed by atoms with E-state index >= 15 is 0 Å². The van der Waals surface area contributed by atoms with Crippen molar-refractivity contribution < 1.29 is 9.90 Å². The molecule has 1 amide bonds. The second kappa shape index (κ2) is 6.58. The highest BCUT2D eigenvalue weighted by atomic mass is 32.1. The van der Waals surface area contributed by atoms with Gasteiger partial charge in [-0.1, -0.05) is 6.92 Å². The van der Waals surface area contributed by atoms with E-state index in [2.05, 4.69) is 22.0 Å². The summed E-state index contributed by atoms with van der Waals surface area (Å²) in [5.41, 5.74) is 5.87. The standard InChI is InChI=1S/C12H17N5O2S/c1-2-3-11-14-8(7-20-11)12-15-10(6-9(13)19)16-17(12)4-5-18/h7,18H,2-6H2,1H3,(H2,13,19). The van der Waals surface area contributed by atoms with E-state index in [1.165, 1.54) is 0 Å². The SMILES string of the molecule is CCCc1nc(-c2nc(CC(N)=O)nn2CCO)cs1. The summed E-state index contributed by atoms with van der Waals surface area (Å²) in [5.74, 6) is 0.433. The molecule has 0 aromatic carbocycles. The van der Waals surface area contributed by atoms with E-state index in [0.717, 1.165) is 23.5 Å².